The number of nitrogens with zero attached hydrogens (tertiary/aromatic N) is 2. The van der Waals surface area contributed by atoms with Crippen molar-refractivity contribution in [1.82, 2.24) is 9.80 Å². The molecule has 6 N–H and O–H groups in total. The van der Waals surface area contributed by atoms with E-state index in [1.165, 1.54) is 0 Å². The van der Waals surface area contributed by atoms with Crippen LogP contribution in [0.15, 0.2) is 0 Å². The van der Waals surface area contributed by atoms with Crippen LogP contribution in [0.4, 0.5) is 0 Å². The highest BCUT2D eigenvalue weighted by Gasteiger charge is 2.22. The summed E-state index contributed by atoms with van der Waals surface area (Å²) in [5.41, 5.74) is 10.3. The van der Waals surface area contributed by atoms with Gasteiger partial charge in [0.2, 0.25) is 11.8 Å². The van der Waals surface area contributed by atoms with Gasteiger partial charge < -0.3 is 31.5 Å². The molecule has 0 saturated carbocycles. The number of carbonyl (C=O) groups is 8. The zero-order valence-corrected chi connectivity index (χ0v) is 19.4. The molecule has 0 spiro atoms. The van der Waals surface area contributed by atoms with Crippen LogP contribution in [-0.4, -0.2) is 106 Å². The van der Waals surface area contributed by atoms with Gasteiger partial charge in [-0.25, -0.2) is 0 Å². The van der Waals surface area contributed by atoms with Crippen molar-refractivity contribution in [2.24, 2.45) is 11.5 Å². The summed E-state index contributed by atoms with van der Waals surface area (Å²) in [5, 5.41) is 17.9. The quantitative estimate of drug-likeness (QED) is 0.138. The second-order valence-electron chi connectivity index (χ2n) is 7.70. The molecule has 0 aliphatic rings. The SMILES string of the molecule is NCC(=O)CCC(=O)N(CC(=O)O)CC(=O)CCCC(=O)CN(CC(=O)O)C(=O)CCC(=O)CN. The average Bonchev–Trinajstić information content (AvgIpc) is 2.78. The van der Waals surface area contributed by atoms with Crippen molar-refractivity contribution in [2.45, 2.75) is 44.9 Å². The third-order valence-corrected chi connectivity index (χ3v) is 4.69. The van der Waals surface area contributed by atoms with E-state index in [2.05, 4.69) is 0 Å². The Kier molecular flexibility index (Phi) is 15.3. The topological polar surface area (TPSA) is 236 Å². The number of rotatable bonds is 20. The maximum Gasteiger partial charge on any atom is 0.323 e. The molecule has 0 unspecified atom stereocenters. The van der Waals surface area contributed by atoms with E-state index in [9.17, 15) is 38.4 Å². The fraction of sp³-hybridized carbons (Fsp3) is 0.619. The Bertz CT molecular complexity index is 761. The average molecular weight is 501 g/mol. The molecule has 14 nitrogen and oxygen atoms in total. The molecule has 0 aromatic rings. The lowest BCUT2D eigenvalue weighted by Gasteiger charge is -2.20. The molecule has 0 aromatic carbocycles. The monoisotopic (exact) mass is 500 g/mol. The summed E-state index contributed by atoms with van der Waals surface area (Å²) in [6, 6.07) is 0. The van der Waals surface area contributed by atoms with Crippen LogP contribution in [-0.2, 0) is 38.4 Å². The number of nitrogens with two attached hydrogens (primary N) is 2. The maximum atomic E-state index is 12.2. The molecule has 35 heavy (non-hydrogen) atoms. The Morgan fingerprint density at radius 2 is 0.829 bits per heavy atom. The highest BCUT2D eigenvalue weighted by Crippen LogP contribution is 2.06. The van der Waals surface area contributed by atoms with Crippen LogP contribution >= 0.6 is 0 Å². The highest BCUT2D eigenvalue weighted by molar-refractivity contribution is 5.92. The minimum atomic E-state index is -1.34. The first-order valence-electron chi connectivity index (χ1n) is 10.9. The molecular formula is C21H32N4O10. The van der Waals surface area contributed by atoms with Crippen molar-refractivity contribution in [3.63, 3.8) is 0 Å². The highest BCUT2D eigenvalue weighted by atomic mass is 16.4. The number of ketones is 4. The first-order chi connectivity index (χ1) is 16.4. The first-order valence-corrected chi connectivity index (χ1v) is 10.9. The zero-order valence-electron chi connectivity index (χ0n) is 19.4. The number of hydrogen-bond donors (Lipinski definition) is 4. The minimum absolute atomic E-state index is 0.0270. The van der Waals surface area contributed by atoms with Gasteiger partial charge in [-0.05, 0) is 6.42 Å². The summed E-state index contributed by atoms with van der Waals surface area (Å²) in [6.45, 7) is -3.04. The van der Waals surface area contributed by atoms with Crippen molar-refractivity contribution < 1.29 is 48.6 Å². The van der Waals surface area contributed by atoms with Gasteiger partial charge in [-0.1, -0.05) is 0 Å². The van der Waals surface area contributed by atoms with Crippen LogP contribution in [0.25, 0.3) is 0 Å². The van der Waals surface area contributed by atoms with E-state index in [-0.39, 0.29) is 69.6 Å². The van der Waals surface area contributed by atoms with E-state index >= 15 is 0 Å². The van der Waals surface area contributed by atoms with Crippen LogP contribution in [0.1, 0.15) is 44.9 Å². The first kappa shape index (κ1) is 31.5. The Balaban J connectivity index is 4.74. The molecule has 0 aliphatic heterocycles. The molecule has 0 rings (SSSR count). The molecule has 0 aromatic heterocycles. The van der Waals surface area contributed by atoms with E-state index < -0.39 is 61.5 Å². The summed E-state index contributed by atoms with van der Waals surface area (Å²) in [7, 11) is 0. The standard InChI is InChI=1S/C21H32N4O10/c22-8-14(26)4-6-18(30)24(12-20(32)33)10-16(28)2-1-3-17(29)11-25(13-21(34)35)19(31)7-5-15(27)9-23/h1-13,22-23H2,(H,32,33)(H,34,35). The lowest BCUT2D eigenvalue weighted by atomic mass is 10.1. The van der Waals surface area contributed by atoms with Crippen molar-refractivity contribution >= 4 is 46.9 Å². The number of aliphatic carboxylic acids is 2. The summed E-state index contributed by atoms with van der Waals surface area (Å²) < 4.78 is 0. The fourth-order valence-corrected chi connectivity index (χ4v) is 2.87. The van der Waals surface area contributed by atoms with Crippen LogP contribution in [0.5, 0.6) is 0 Å². The van der Waals surface area contributed by atoms with E-state index in [1.54, 1.807) is 0 Å². The molecule has 0 fully saturated rings. The predicted molar refractivity (Wildman–Crippen MR) is 119 cm³/mol. The summed E-state index contributed by atoms with van der Waals surface area (Å²) in [5.74, 6) is -5.90. The number of amides is 2. The fourth-order valence-electron chi connectivity index (χ4n) is 2.87. The van der Waals surface area contributed by atoms with Gasteiger partial charge in [-0.3, -0.25) is 38.4 Å². The Morgan fingerprint density at radius 1 is 0.486 bits per heavy atom. The van der Waals surface area contributed by atoms with Crippen LogP contribution in [0.2, 0.25) is 0 Å². The van der Waals surface area contributed by atoms with Crippen LogP contribution in [0, 0.1) is 0 Å². The Morgan fingerprint density at radius 3 is 1.11 bits per heavy atom. The Labute approximate surface area is 201 Å². The van der Waals surface area contributed by atoms with E-state index in [4.69, 9.17) is 21.7 Å². The van der Waals surface area contributed by atoms with Gasteiger partial charge in [0, 0.05) is 38.5 Å². The van der Waals surface area contributed by atoms with Crippen molar-refractivity contribution in [3.8, 4) is 0 Å². The second-order valence-corrected chi connectivity index (χ2v) is 7.70. The van der Waals surface area contributed by atoms with Gasteiger partial charge in [0.15, 0.2) is 11.6 Å². The van der Waals surface area contributed by atoms with Gasteiger partial charge in [0.05, 0.1) is 26.2 Å². The zero-order chi connectivity index (χ0) is 27.0. The van der Waals surface area contributed by atoms with Gasteiger partial charge >= 0.3 is 11.9 Å². The smallest absolute Gasteiger partial charge is 0.323 e. The summed E-state index contributed by atoms with van der Waals surface area (Å²) in [4.78, 5) is 94.8. The van der Waals surface area contributed by atoms with E-state index in [1.807, 2.05) is 0 Å². The van der Waals surface area contributed by atoms with Gasteiger partial charge in [-0.2, -0.15) is 0 Å². The molecule has 0 radical (unpaired) electrons. The maximum absolute atomic E-state index is 12.2. The molecule has 0 bridgehead atoms. The third kappa shape index (κ3) is 15.1. The summed E-state index contributed by atoms with van der Waals surface area (Å²) >= 11 is 0. The molecular weight excluding hydrogens is 468 g/mol. The largest absolute Gasteiger partial charge is 0.480 e. The van der Waals surface area contributed by atoms with Crippen molar-refractivity contribution in [2.75, 3.05) is 39.3 Å². The normalized spacial score (nSPS) is 10.3. The molecule has 14 heteroatoms. The lowest BCUT2D eigenvalue weighted by Crippen LogP contribution is -2.40. The number of carboxylic acid groups (broad SMARTS) is 2. The molecule has 0 atom stereocenters. The molecule has 0 saturated heterocycles. The van der Waals surface area contributed by atoms with Crippen molar-refractivity contribution in [3.05, 3.63) is 0 Å². The molecule has 196 valence electrons. The van der Waals surface area contributed by atoms with Crippen LogP contribution in [0.3, 0.4) is 0 Å². The van der Waals surface area contributed by atoms with Crippen LogP contribution < -0.4 is 11.5 Å². The predicted octanol–water partition coefficient (Wildman–Crippen LogP) is -2.26. The van der Waals surface area contributed by atoms with Gasteiger partial charge in [0.25, 0.3) is 0 Å². The van der Waals surface area contributed by atoms with Gasteiger partial charge in [0.1, 0.15) is 24.7 Å². The van der Waals surface area contributed by atoms with Gasteiger partial charge in [-0.15, -0.1) is 0 Å². The number of carbonyl (C=O) groups excluding carboxylic acids is 6. The summed E-state index contributed by atoms with van der Waals surface area (Å²) in [6.07, 6.45) is -1.26. The third-order valence-electron chi connectivity index (χ3n) is 4.69. The Hall–Kier alpha value is -3.52. The molecule has 0 aliphatic carbocycles. The number of hydrogen-bond acceptors (Lipinski definition) is 10. The molecule has 2 amide bonds. The second kappa shape index (κ2) is 17.0. The van der Waals surface area contributed by atoms with E-state index in [0.717, 1.165) is 9.80 Å². The number of Topliss-reactive ketones (excluding diaryl/α,β-unsaturated/α-hetero) is 4. The minimum Gasteiger partial charge on any atom is -0.480 e. The number of carboxylic acids is 2. The lowest BCUT2D eigenvalue weighted by molar-refractivity contribution is -0.146. The van der Waals surface area contributed by atoms with E-state index in [0.29, 0.717) is 0 Å². The van der Waals surface area contributed by atoms with Crippen molar-refractivity contribution in [1.29, 1.82) is 0 Å². The molecule has 0 heterocycles.